The van der Waals surface area contributed by atoms with Gasteiger partial charge in [0.1, 0.15) is 49.4 Å². The van der Waals surface area contributed by atoms with Gasteiger partial charge in [0, 0.05) is 0 Å². The first-order valence-corrected chi connectivity index (χ1v) is 22.7. The number of hydrogen-bond donors (Lipinski definition) is 4. The van der Waals surface area contributed by atoms with Crippen LogP contribution in [-0.2, 0) is 25.7 Å². The van der Waals surface area contributed by atoms with Gasteiger partial charge in [-0.3, -0.25) is 0 Å². The molecule has 4 atom stereocenters. The normalized spacial score (nSPS) is 12.9. The highest BCUT2D eigenvalue weighted by molar-refractivity contribution is 5.36. The van der Waals surface area contributed by atoms with Gasteiger partial charge in [-0.05, 0) is 142 Å². The van der Waals surface area contributed by atoms with Gasteiger partial charge in [0.25, 0.3) is 0 Å². The molecule has 0 bridgehead atoms. The van der Waals surface area contributed by atoms with Crippen molar-refractivity contribution >= 4 is 0 Å². The first kappa shape index (κ1) is 49.4. The van der Waals surface area contributed by atoms with Crippen LogP contribution >= 0.6 is 0 Å². The molecular weight excluding hydrogens is 801 g/mol. The Balaban J connectivity index is 0.000000241. The lowest BCUT2D eigenvalue weighted by atomic mass is 9.90. The van der Waals surface area contributed by atoms with Gasteiger partial charge in [-0.25, -0.2) is 0 Å². The van der Waals surface area contributed by atoms with Crippen LogP contribution in [0.3, 0.4) is 0 Å². The molecule has 6 aromatic carbocycles. The third-order valence-electron chi connectivity index (χ3n) is 11.4. The van der Waals surface area contributed by atoms with Gasteiger partial charge in [-0.15, -0.1) is 0 Å². The summed E-state index contributed by atoms with van der Waals surface area (Å²) < 4.78 is 21.8. The second kappa shape index (κ2) is 26.9. The fourth-order valence-electron chi connectivity index (χ4n) is 7.80. The van der Waals surface area contributed by atoms with E-state index >= 15 is 0 Å². The third-order valence-corrected chi connectivity index (χ3v) is 11.4. The van der Waals surface area contributed by atoms with Crippen molar-refractivity contribution in [3.8, 4) is 23.0 Å². The van der Waals surface area contributed by atoms with Crippen LogP contribution in [0.15, 0.2) is 146 Å². The Morgan fingerprint density at radius 3 is 0.781 bits per heavy atom. The first-order chi connectivity index (χ1) is 31.2. The maximum Gasteiger partial charge on any atom is 0.119 e. The summed E-state index contributed by atoms with van der Waals surface area (Å²) in [6.07, 6.45) is 3.94. The van der Waals surface area contributed by atoms with Crippen LogP contribution in [0, 0.1) is 0 Å². The smallest absolute Gasteiger partial charge is 0.119 e. The van der Waals surface area contributed by atoms with E-state index in [1.54, 1.807) is 0 Å². The lowest BCUT2D eigenvalue weighted by Gasteiger charge is -2.16. The molecule has 0 aliphatic carbocycles. The number of aliphatic hydroxyl groups is 4. The predicted octanol–water partition coefficient (Wildman–Crippen LogP) is 10.2. The minimum Gasteiger partial charge on any atom is -0.491 e. The van der Waals surface area contributed by atoms with E-state index in [0.717, 1.165) is 48.7 Å². The Labute approximate surface area is 381 Å². The maximum absolute atomic E-state index is 8.88. The molecule has 8 heteroatoms. The van der Waals surface area contributed by atoms with E-state index in [-0.39, 0.29) is 26.4 Å². The van der Waals surface area contributed by atoms with E-state index in [2.05, 4.69) is 125 Å². The van der Waals surface area contributed by atoms with Crippen molar-refractivity contribution in [2.45, 2.75) is 77.0 Å². The number of aliphatic hydroxyl groups excluding tert-OH is 4. The Kier molecular flexibility index (Phi) is 20.7. The average Bonchev–Trinajstić information content (AvgIpc) is 3.32. The maximum atomic E-state index is 8.88. The molecule has 0 aliphatic rings. The van der Waals surface area contributed by atoms with Crippen LogP contribution in [0.4, 0.5) is 0 Å². The standard InChI is InChI=1S/2C28H34O4/c1-21(25-7-11-27(12-8-25)31-17-15-29)19-23-3-5-24(6-4-23)20-22(2)26-9-13-28(14-10-26)32-18-16-30;1-21(25-6-10-27(11-7-25)31-16-14-29)18-23-4-3-5-24(20-23)19-22(2)26-8-12-28(13-9-26)32-17-15-30/h3-14,21-22,29-30H,15-20H2,1-2H3;3-13,20-22,29-30H,14-19H2,1-2H3. The summed E-state index contributed by atoms with van der Waals surface area (Å²) in [4.78, 5) is 0. The van der Waals surface area contributed by atoms with Crippen LogP contribution in [0.25, 0.3) is 0 Å². The van der Waals surface area contributed by atoms with Gasteiger partial charge in [0.05, 0.1) is 26.4 Å². The summed E-state index contributed by atoms with van der Waals surface area (Å²) in [6.45, 7) is 10.4. The fraction of sp³-hybridized carbons (Fsp3) is 0.357. The molecule has 4 N–H and O–H groups in total. The molecule has 0 amide bonds. The van der Waals surface area contributed by atoms with E-state index in [1.165, 1.54) is 44.5 Å². The summed E-state index contributed by atoms with van der Waals surface area (Å²) >= 11 is 0. The highest BCUT2D eigenvalue weighted by Crippen LogP contribution is 2.28. The van der Waals surface area contributed by atoms with E-state index in [9.17, 15) is 0 Å². The van der Waals surface area contributed by atoms with E-state index in [1.807, 2.05) is 48.5 Å². The van der Waals surface area contributed by atoms with Gasteiger partial charge in [-0.2, -0.15) is 0 Å². The van der Waals surface area contributed by atoms with Gasteiger partial charge < -0.3 is 39.4 Å². The lowest BCUT2D eigenvalue weighted by Crippen LogP contribution is -2.03. The zero-order valence-corrected chi connectivity index (χ0v) is 38.1. The molecule has 0 saturated heterocycles. The molecule has 0 fully saturated rings. The lowest BCUT2D eigenvalue weighted by molar-refractivity contribution is 0.201. The molecular formula is C56H68O8. The second-order valence-corrected chi connectivity index (χ2v) is 16.6. The van der Waals surface area contributed by atoms with Gasteiger partial charge >= 0.3 is 0 Å². The second-order valence-electron chi connectivity index (χ2n) is 16.6. The van der Waals surface area contributed by atoms with E-state index < -0.39 is 0 Å². The molecule has 6 aromatic rings. The predicted molar refractivity (Wildman–Crippen MR) is 257 cm³/mol. The van der Waals surface area contributed by atoms with Crippen LogP contribution in [0.1, 0.15) is 95.9 Å². The quantitative estimate of drug-likeness (QED) is 0.0475. The van der Waals surface area contributed by atoms with Crippen LogP contribution < -0.4 is 18.9 Å². The number of hydrogen-bond acceptors (Lipinski definition) is 8. The minimum atomic E-state index is 0.0253. The Hall–Kier alpha value is -5.64. The molecule has 340 valence electrons. The van der Waals surface area contributed by atoms with Crippen LogP contribution in [0.5, 0.6) is 23.0 Å². The fourth-order valence-corrected chi connectivity index (χ4v) is 7.80. The van der Waals surface area contributed by atoms with E-state index in [0.29, 0.717) is 50.1 Å². The Morgan fingerprint density at radius 2 is 0.547 bits per heavy atom. The molecule has 64 heavy (non-hydrogen) atoms. The monoisotopic (exact) mass is 868 g/mol. The topological polar surface area (TPSA) is 118 Å². The highest BCUT2D eigenvalue weighted by Gasteiger charge is 2.13. The molecule has 0 spiro atoms. The van der Waals surface area contributed by atoms with Crippen LogP contribution in [-0.4, -0.2) is 73.3 Å². The van der Waals surface area contributed by atoms with Gasteiger partial charge in [0.15, 0.2) is 0 Å². The van der Waals surface area contributed by atoms with Crippen molar-refractivity contribution in [2.75, 3.05) is 52.9 Å². The number of benzene rings is 6. The van der Waals surface area contributed by atoms with Crippen molar-refractivity contribution in [2.24, 2.45) is 0 Å². The molecule has 8 nitrogen and oxygen atoms in total. The van der Waals surface area contributed by atoms with Gasteiger partial charge in [0.2, 0.25) is 0 Å². The summed E-state index contributed by atoms with van der Waals surface area (Å²) in [7, 11) is 0. The third kappa shape index (κ3) is 16.5. The molecule has 0 aromatic heterocycles. The Bertz CT molecular complexity index is 2020. The minimum absolute atomic E-state index is 0.0253. The average molecular weight is 869 g/mol. The Morgan fingerprint density at radius 1 is 0.312 bits per heavy atom. The molecule has 0 aliphatic heterocycles. The summed E-state index contributed by atoms with van der Waals surface area (Å²) in [6, 6.07) is 50.5. The largest absolute Gasteiger partial charge is 0.491 e. The first-order valence-electron chi connectivity index (χ1n) is 22.7. The SMILES string of the molecule is CC(Cc1ccc(CC(C)c2ccc(OCCO)cc2)cc1)c1ccc(OCCO)cc1.CC(Cc1cccc(CC(C)c2ccc(OCCO)cc2)c1)c1ccc(OCCO)cc1. The van der Waals surface area contributed by atoms with Crippen molar-refractivity contribution < 1.29 is 39.4 Å². The summed E-state index contributed by atoms with van der Waals surface area (Å²) in [5.41, 5.74) is 10.5. The number of rotatable bonds is 24. The van der Waals surface area contributed by atoms with Crippen molar-refractivity contribution in [1.29, 1.82) is 0 Å². The highest BCUT2D eigenvalue weighted by atomic mass is 16.5. The molecule has 6 rings (SSSR count). The zero-order valence-electron chi connectivity index (χ0n) is 38.1. The summed E-state index contributed by atoms with van der Waals surface area (Å²) in [5.74, 6) is 4.80. The molecule has 0 radical (unpaired) electrons. The van der Waals surface area contributed by atoms with Crippen LogP contribution in [0.2, 0.25) is 0 Å². The van der Waals surface area contributed by atoms with Gasteiger partial charge in [-0.1, -0.05) is 125 Å². The molecule has 4 unspecified atom stereocenters. The van der Waals surface area contributed by atoms with Crippen molar-refractivity contribution in [1.82, 2.24) is 0 Å². The van der Waals surface area contributed by atoms with E-state index in [4.69, 9.17) is 39.4 Å². The summed E-state index contributed by atoms with van der Waals surface area (Å²) in [5, 5.41) is 35.5. The van der Waals surface area contributed by atoms with Crippen molar-refractivity contribution in [3.63, 3.8) is 0 Å². The van der Waals surface area contributed by atoms with Crippen molar-refractivity contribution in [3.05, 3.63) is 190 Å². The number of ether oxygens (including phenoxy) is 4. The zero-order chi connectivity index (χ0) is 45.5. The molecule has 0 heterocycles. The molecule has 0 saturated carbocycles.